The largest absolute Gasteiger partial charge is 0.476 e. The third-order valence-electron chi connectivity index (χ3n) is 2.38. The van der Waals surface area contributed by atoms with Crippen LogP contribution in [0.4, 0.5) is 5.82 Å². The summed E-state index contributed by atoms with van der Waals surface area (Å²) in [5.41, 5.74) is -0.131. The summed E-state index contributed by atoms with van der Waals surface area (Å²) in [6.45, 7) is 1.74. The zero-order chi connectivity index (χ0) is 10.8. The molecule has 0 aromatic carbocycles. The molecule has 1 aliphatic heterocycles. The van der Waals surface area contributed by atoms with E-state index >= 15 is 0 Å². The fraction of sp³-hybridized carbons (Fsp3) is 0.444. The van der Waals surface area contributed by atoms with Crippen LogP contribution in [0.15, 0.2) is 6.33 Å². The van der Waals surface area contributed by atoms with Crippen molar-refractivity contribution in [1.29, 1.82) is 0 Å². The molecule has 1 saturated heterocycles. The molecule has 0 spiro atoms. The van der Waals surface area contributed by atoms with Gasteiger partial charge in [0.1, 0.15) is 11.3 Å². The van der Waals surface area contributed by atoms with Crippen molar-refractivity contribution in [2.24, 2.45) is 0 Å². The van der Waals surface area contributed by atoms with Crippen LogP contribution in [0.3, 0.4) is 0 Å². The Kier molecular flexibility index (Phi) is 2.73. The van der Waals surface area contributed by atoms with E-state index in [1.54, 1.807) is 0 Å². The molecule has 1 fully saturated rings. The molecule has 15 heavy (non-hydrogen) atoms. The van der Waals surface area contributed by atoms with E-state index in [1.165, 1.54) is 6.33 Å². The van der Waals surface area contributed by atoms with Crippen molar-refractivity contribution >= 4 is 23.4 Å². The second-order valence-electron chi connectivity index (χ2n) is 3.36. The van der Waals surface area contributed by atoms with Gasteiger partial charge >= 0.3 is 5.97 Å². The minimum atomic E-state index is -1.12. The number of rotatable bonds is 2. The lowest BCUT2D eigenvalue weighted by molar-refractivity contribution is 0.0690. The zero-order valence-corrected chi connectivity index (χ0v) is 8.74. The van der Waals surface area contributed by atoms with Crippen molar-refractivity contribution in [3.8, 4) is 0 Å². The van der Waals surface area contributed by atoms with Crippen LogP contribution in [0.5, 0.6) is 0 Å². The van der Waals surface area contributed by atoms with Gasteiger partial charge in [-0.15, -0.1) is 0 Å². The molecule has 80 valence electrons. The van der Waals surface area contributed by atoms with E-state index in [9.17, 15) is 4.79 Å². The number of halogens is 1. The summed E-state index contributed by atoms with van der Waals surface area (Å²) < 4.78 is 0. The number of hydrogen-bond donors (Lipinski definition) is 1. The van der Waals surface area contributed by atoms with E-state index in [4.69, 9.17) is 16.7 Å². The molecule has 6 heteroatoms. The maximum Gasteiger partial charge on any atom is 0.356 e. The summed E-state index contributed by atoms with van der Waals surface area (Å²) in [5.74, 6) is -0.593. The molecular weight excluding hydrogens is 218 g/mol. The number of carbonyl (C=O) groups is 1. The summed E-state index contributed by atoms with van der Waals surface area (Å²) in [6, 6.07) is 0. The Morgan fingerprint density at radius 2 is 2.07 bits per heavy atom. The number of aromatic nitrogens is 2. The Morgan fingerprint density at radius 3 is 2.67 bits per heavy atom. The highest BCUT2D eigenvalue weighted by Crippen LogP contribution is 2.27. The van der Waals surface area contributed by atoms with Gasteiger partial charge in [-0.1, -0.05) is 11.6 Å². The maximum atomic E-state index is 10.8. The molecule has 0 amide bonds. The minimum Gasteiger partial charge on any atom is -0.476 e. The highest BCUT2D eigenvalue weighted by Gasteiger charge is 2.21. The number of aromatic carboxylic acids is 1. The molecule has 0 bridgehead atoms. The fourth-order valence-corrected chi connectivity index (χ4v) is 1.96. The molecule has 0 unspecified atom stereocenters. The van der Waals surface area contributed by atoms with Crippen LogP contribution < -0.4 is 4.90 Å². The van der Waals surface area contributed by atoms with Gasteiger partial charge in [0.25, 0.3) is 0 Å². The highest BCUT2D eigenvalue weighted by molar-refractivity contribution is 6.35. The van der Waals surface area contributed by atoms with Gasteiger partial charge in [-0.3, -0.25) is 0 Å². The van der Waals surface area contributed by atoms with Crippen molar-refractivity contribution in [3.63, 3.8) is 0 Å². The van der Waals surface area contributed by atoms with Crippen LogP contribution in [0.25, 0.3) is 0 Å². The quantitative estimate of drug-likeness (QED) is 0.828. The molecule has 0 radical (unpaired) electrons. The first-order valence-corrected chi connectivity index (χ1v) is 5.06. The van der Waals surface area contributed by atoms with E-state index in [0.717, 1.165) is 25.9 Å². The molecular formula is C9H10ClN3O2. The highest BCUT2D eigenvalue weighted by atomic mass is 35.5. The Bertz CT molecular complexity index is 391. The number of anilines is 1. The van der Waals surface area contributed by atoms with Gasteiger partial charge in [-0.25, -0.2) is 14.8 Å². The second kappa shape index (κ2) is 4.02. The summed E-state index contributed by atoms with van der Waals surface area (Å²) in [4.78, 5) is 20.4. The Morgan fingerprint density at radius 1 is 1.40 bits per heavy atom. The van der Waals surface area contributed by atoms with Crippen LogP contribution in [0.1, 0.15) is 23.3 Å². The van der Waals surface area contributed by atoms with E-state index in [0.29, 0.717) is 5.82 Å². The molecule has 5 nitrogen and oxygen atoms in total. The van der Waals surface area contributed by atoms with Crippen LogP contribution in [0.2, 0.25) is 5.02 Å². The minimum absolute atomic E-state index is 0.131. The average Bonchev–Trinajstić information content (AvgIpc) is 2.70. The summed E-state index contributed by atoms with van der Waals surface area (Å²) in [6.07, 6.45) is 3.41. The SMILES string of the molecule is O=C(O)c1ncnc(N2CCCC2)c1Cl. The van der Waals surface area contributed by atoms with Crippen molar-refractivity contribution in [1.82, 2.24) is 9.97 Å². The summed E-state index contributed by atoms with van der Waals surface area (Å²) in [7, 11) is 0. The van der Waals surface area contributed by atoms with E-state index in [1.807, 2.05) is 4.90 Å². The number of hydrogen-bond acceptors (Lipinski definition) is 4. The number of carboxylic acid groups (broad SMARTS) is 1. The molecule has 1 aliphatic rings. The Labute approximate surface area is 91.7 Å². The van der Waals surface area contributed by atoms with Gasteiger partial charge in [0.05, 0.1) is 0 Å². The lowest BCUT2D eigenvalue weighted by atomic mass is 10.3. The normalized spacial score (nSPS) is 15.7. The smallest absolute Gasteiger partial charge is 0.356 e. The van der Waals surface area contributed by atoms with E-state index in [2.05, 4.69) is 9.97 Å². The van der Waals surface area contributed by atoms with Crippen LogP contribution in [-0.4, -0.2) is 34.1 Å². The Balaban J connectivity index is 2.39. The monoisotopic (exact) mass is 227 g/mol. The molecule has 2 rings (SSSR count). The first-order chi connectivity index (χ1) is 7.20. The van der Waals surface area contributed by atoms with Gasteiger partial charge in [-0.2, -0.15) is 0 Å². The van der Waals surface area contributed by atoms with Crippen molar-refractivity contribution in [2.45, 2.75) is 12.8 Å². The molecule has 1 aromatic heterocycles. The fourth-order valence-electron chi connectivity index (χ4n) is 1.66. The maximum absolute atomic E-state index is 10.8. The molecule has 0 saturated carbocycles. The zero-order valence-electron chi connectivity index (χ0n) is 7.98. The van der Waals surface area contributed by atoms with E-state index in [-0.39, 0.29) is 10.7 Å². The van der Waals surface area contributed by atoms with Gasteiger partial charge in [-0.05, 0) is 12.8 Å². The van der Waals surface area contributed by atoms with Crippen molar-refractivity contribution < 1.29 is 9.90 Å². The summed E-state index contributed by atoms with van der Waals surface area (Å²) >= 11 is 5.94. The molecule has 0 aliphatic carbocycles. The third-order valence-corrected chi connectivity index (χ3v) is 2.73. The first-order valence-electron chi connectivity index (χ1n) is 4.69. The molecule has 1 aromatic rings. The molecule has 2 heterocycles. The Hall–Kier alpha value is -1.36. The third kappa shape index (κ3) is 1.87. The number of carboxylic acids is 1. The lowest BCUT2D eigenvalue weighted by Crippen LogP contribution is -2.20. The standard InChI is InChI=1S/C9H10ClN3O2/c10-6-7(9(14)15)11-5-12-8(6)13-3-1-2-4-13/h5H,1-4H2,(H,14,15). The van der Waals surface area contributed by atoms with E-state index < -0.39 is 5.97 Å². The van der Waals surface area contributed by atoms with Crippen LogP contribution >= 0.6 is 11.6 Å². The van der Waals surface area contributed by atoms with Gasteiger partial charge in [0.2, 0.25) is 0 Å². The second-order valence-corrected chi connectivity index (χ2v) is 3.74. The molecule has 0 atom stereocenters. The number of nitrogens with zero attached hydrogens (tertiary/aromatic N) is 3. The van der Waals surface area contributed by atoms with Crippen LogP contribution in [0, 0.1) is 0 Å². The predicted octanol–water partition coefficient (Wildman–Crippen LogP) is 1.43. The van der Waals surface area contributed by atoms with Crippen molar-refractivity contribution in [2.75, 3.05) is 18.0 Å². The van der Waals surface area contributed by atoms with Crippen LogP contribution in [-0.2, 0) is 0 Å². The van der Waals surface area contributed by atoms with Gasteiger partial charge in [0, 0.05) is 13.1 Å². The predicted molar refractivity (Wildman–Crippen MR) is 55.4 cm³/mol. The average molecular weight is 228 g/mol. The van der Waals surface area contributed by atoms with Gasteiger partial charge in [0.15, 0.2) is 11.5 Å². The van der Waals surface area contributed by atoms with Gasteiger partial charge < -0.3 is 10.0 Å². The van der Waals surface area contributed by atoms with Crippen molar-refractivity contribution in [3.05, 3.63) is 17.0 Å². The lowest BCUT2D eigenvalue weighted by Gasteiger charge is -2.17. The first kappa shape index (κ1) is 10.2. The summed E-state index contributed by atoms with van der Waals surface area (Å²) in [5, 5.41) is 8.97. The topological polar surface area (TPSA) is 66.3 Å². The molecule has 1 N–H and O–H groups in total.